The van der Waals surface area contributed by atoms with Crippen molar-refractivity contribution in [2.75, 3.05) is 29.9 Å². The Labute approximate surface area is 130 Å². The van der Waals surface area contributed by atoms with Crippen LogP contribution >= 0.6 is 11.3 Å². The topological polar surface area (TPSA) is 41.1 Å². The summed E-state index contributed by atoms with van der Waals surface area (Å²) < 4.78 is 0. The fourth-order valence-electron chi connectivity index (χ4n) is 2.85. The van der Waals surface area contributed by atoms with Gasteiger partial charge in [-0.2, -0.15) is 4.98 Å². The molecule has 0 amide bonds. The highest BCUT2D eigenvalue weighted by Gasteiger charge is 2.25. The zero-order chi connectivity index (χ0) is 14.8. The summed E-state index contributed by atoms with van der Waals surface area (Å²) in [6, 6.07) is 2.15. The van der Waals surface area contributed by atoms with Gasteiger partial charge in [0.2, 0.25) is 5.95 Å². The molecule has 3 heterocycles. The van der Waals surface area contributed by atoms with Gasteiger partial charge in [-0.05, 0) is 36.1 Å². The second-order valence-corrected chi connectivity index (χ2v) is 7.02. The summed E-state index contributed by atoms with van der Waals surface area (Å²) in [4.78, 5) is 13.0. The minimum absolute atomic E-state index is 0.717. The lowest BCUT2D eigenvalue weighted by atomic mass is 9.88. The third-order valence-electron chi connectivity index (χ3n) is 4.47. The van der Waals surface area contributed by atoms with Crippen LogP contribution in [0.3, 0.4) is 0 Å². The zero-order valence-corrected chi connectivity index (χ0v) is 13.9. The van der Waals surface area contributed by atoms with Crippen LogP contribution < -0.4 is 10.2 Å². The number of hydrogen-bond donors (Lipinski definition) is 1. The first-order chi connectivity index (χ1) is 10.2. The van der Waals surface area contributed by atoms with Crippen LogP contribution in [0.5, 0.6) is 0 Å². The summed E-state index contributed by atoms with van der Waals surface area (Å²) in [5.74, 6) is 3.40. The van der Waals surface area contributed by atoms with Crippen LogP contribution in [0.25, 0.3) is 10.2 Å². The first-order valence-corrected chi connectivity index (χ1v) is 8.81. The van der Waals surface area contributed by atoms with Crippen molar-refractivity contribution in [3.8, 4) is 0 Å². The highest BCUT2D eigenvalue weighted by molar-refractivity contribution is 7.16. The molecule has 4 nitrogen and oxygen atoms in total. The largest absolute Gasteiger partial charge is 0.356 e. The maximum atomic E-state index is 4.80. The van der Waals surface area contributed by atoms with Crippen LogP contribution in [0.2, 0.25) is 0 Å². The Hall–Kier alpha value is -1.36. The van der Waals surface area contributed by atoms with Crippen LogP contribution in [-0.4, -0.2) is 29.6 Å². The van der Waals surface area contributed by atoms with E-state index in [0.717, 1.165) is 54.5 Å². The number of thiophene rings is 1. The van der Waals surface area contributed by atoms with Gasteiger partial charge in [-0.15, -0.1) is 11.3 Å². The van der Waals surface area contributed by atoms with Crippen molar-refractivity contribution in [3.05, 3.63) is 11.4 Å². The van der Waals surface area contributed by atoms with Crippen molar-refractivity contribution in [2.45, 2.75) is 33.6 Å². The minimum Gasteiger partial charge on any atom is -0.356 e. The molecular weight excluding hydrogens is 280 g/mol. The summed E-state index contributed by atoms with van der Waals surface area (Å²) in [7, 11) is 0. The predicted octanol–water partition coefficient (Wildman–Crippen LogP) is 4.00. The van der Waals surface area contributed by atoms with E-state index in [1.54, 1.807) is 11.3 Å². The second kappa shape index (κ2) is 6.18. The van der Waals surface area contributed by atoms with Gasteiger partial charge < -0.3 is 10.2 Å². The molecule has 2 unspecified atom stereocenters. The first kappa shape index (κ1) is 14.6. The highest BCUT2D eigenvalue weighted by Crippen LogP contribution is 2.33. The van der Waals surface area contributed by atoms with Crippen LogP contribution in [0.15, 0.2) is 11.4 Å². The Kier molecular flexibility index (Phi) is 4.29. The maximum absolute atomic E-state index is 4.80. The summed E-state index contributed by atoms with van der Waals surface area (Å²) in [5, 5.41) is 6.65. The third-order valence-corrected chi connectivity index (χ3v) is 5.28. The highest BCUT2D eigenvalue weighted by atomic mass is 32.1. The number of anilines is 2. The van der Waals surface area contributed by atoms with Gasteiger partial charge in [-0.3, -0.25) is 0 Å². The molecule has 0 spiro atoms. The lowest BCUT2D eigenvalue weighted by Gasteiger charge is -2.36. The fourth-order valence-corrected chi connectivity index (χ4v) is 3.61. The SMILES string of the molecule is CCCNc1nc(N2CCC(C)C(C)C2)c2ccsc2n1. The molecule has 1 N–H and O–H groups in total. The van der Waals surface area contributed by atoms with Gasteiger partial charge in [-0.25, -0.2) is 4.98 Å². The number of hydrogen-bond acceptors (Lipinski definition) is 5. The van der Waals surface area contributed by atoms with Gasteiger partial charge in [0, 0.05) is 19.6 Å². The Balaban J connectivity index is 1.94. The molecular formula is C16H24N4S. The molecule has 1 aliphatic rings. The molecule has 0 bridgehead atoms. The molecule has 114 valence electrons. The van der Waals surface area contributed by atoms with E-state index >= 15 is 0 Å². The quantitative estimate of drug-likeness (QED) is 0.927. The molecule has 2 aromatic heterocycles. The van der Waals surface area contributed by atoms with Crippen molar-refractivity contribution < 1.29 is 0 Å². The molecule has 2 atom stereocenters. The average Bonchev–Trinajstić information content (AvgIpc) is 2.95. The summed E-state index contributed by atoms with van der Waals surface area (Å²) in [6.07, 6.45) is 2.33. The van der Waals surface area contributed by atoms with E-state index in [2.05, 4.69) is 47.4 Å². The van der Waals surface area contributed by atoms with E-state index in [-0.39, 0.29) is 0 Å². The van der Waals surface area contributed by atoms with Crippen molar-refractivity contribution >= 4 is 33.3 Å². The first-order valence-electron chi connectivity index (χ1n) is 7.93. The average molecular weight is 304 g/mol. The van der Waals surface area contributed by atoms with E-state index in [9.17, 15) is 0 Å². The number of piperidine rings is 1. The number of fused-ring (bicyclic) bond motifs is 1. The van der Waals surface area contributed by atoms with E-state index in [0.29, 0.717) is 0 Å². The normalized spacial score (nSPS) is 22.7. The number of rotatable bonds is 4. The minimum atomic E-state index is 0.717. The molecule has 0 saturated carbocycles. The lowest BCUT2D eigenvalue weighted by Crippen LogP contribution is -2.39. The number of aromatic nitrogens is 2. The van der Waals surface area contributed by atoms with Crippen LogP contribution in [0, 0.1) is 11.8 Å². The predicted molar refractivity (Wildman–Crippen MR) is 91.4 cm³/mol. The van der Waals surface area contributed by atoms with Gasteiger partial charge in [0.25, 0.3) is 0 Å². The second-order valence-electron chi connectivity index (χ2n) is 6.13. The van der Waals surface area contributed by atoms with Gasteiger partial charge in [0.1, 0.15) is 10.6 Å². The monoisotopic (exact) mass is 304 g/mol. The summed E-state index contributed by atoms with van der Waals surface area (Å²) in [5.41, 5.74) is 0. The molecule has 0 aliphatic carbocycles. The van der Waals surface area contributed by atoms with Gasteiger partial charge in [-0.1, -0.05) is 20.8 Å². The van der Waals surface area contributed by atoms with Gasteiger partial charge in [0.15, 0.2) is 0 Å². The Morgan fingerprint density at radius 2 is 2.19 bits per heavy atom. The van der Waals surface area contributed by atoms with E-state index in [4.69, 9.17) is 4.98 Å². The standard InChI is InChI=1S/C16H24N4S/c1-4-7-17-16-18-14(13-6-9-21-15(13)19-16)20-8-5-11(2)12(3)10-20/h6,9,11-12H,4-5,7-8,10H2,1-3H3,(H,17,18,19). The van der Waals surface area contributed by atoms with Crippen molar-refractivity contribution in [1.29, 1.82) is 0 Å². The zero-order valence-electron chi connectivity index (χ0n) is 13.1. The molecule has 5 heteroatoms. The number of nitrogens with one attached hydrogen (secondary N) is 1. The van der Waals surface area contributed by atoms with Gasteiger partial charge >= 0.3 is 0 Å². The smallest absolute Gasteiger partial charge is 0.226 e. The molecule has 3 rings (SSSR count). The van der Waals surface area contributed by atoms with Crippen molar-refractivity contribution in [2.24, 2.45) is 11.8 Å². The van der Waals surface area contributed by atoms with Crippen molar-refractivity contribution in [1.82, 2.24) is 9.97 Å². The fraction of sp³-hybridized carbons (Fsp3) is 0.625. The van der Waals surface area contributed by atoms with Crippen molar-refractivity contribution in [3.63, 3.8) is 0 Å². The lowest BCUT2D eigenvalue weighted by molar-refractivity contribution is 0.323. The Morgan fingerprint density at radius 1 is 1.33 bits per heavy atom. The van der Waals surface area contributed by atoms with Crippen LogP contribution in [0.4, 0.5) is 11.8 Å². The molecule has 1 fully saturated rings. The third kappa shape index (κ3) is 2.98. The molecule has 0 radical (unpaired) electrons. The Morgan fingerprint density at radius 3 is 2.95 bits per heavy atom. The molecule has 1 aliphatic heterocycles. The summed E-state index contributed by atoms with van der Waals surface area (Å²) >= 11 is 1.70. The molecule has 0 aromatic carbocycles. The Bertz CT molecular complexity index is 609. The van der Waals surface area contributed by atoms with Crippen LogP contribution in [-0.2, 0) is 0 Å². The molecule has 2 aromatic rings. The van der Waals surface area contributed by atoms with Crippen LogP contribution in [0.1, 0.15) is 33.6 Å². The van der Waals surface area contributed by atoms with Gasteiger partial charge in [0.05, 0.1) is 5.39 Å². The molecule has 1 saturated heterocycles. The van der Waals surface area contributed by atoms with E-state index in [1.165, 1.54) is 11.8 Å². The molecule has 21 heavy (non-hydrogen) atoms. The maximum Gasteiger partial charge on any atom is 0.226 e. The summed E-state index contributed by atoms with van der Waals surface area (Å²) in [6.45, 7) is 9.97. The van der Waals surface area contributed by atoms with E-state index < -0.39 is 0 Å². The van der Waals surface area contributed by atoms with E-state index in [1.807, 2.05) is 0 Å². The number of nitrogens with zero attached hydrogens (tertiary/aromatic N) is 3.